The molecule has 1 heterocycles. The minimum Gasteiger partial charge on any atom is -0.337 e. The maximum Gasteiger partial charge on any atom is 0.317 e. The number of amides is 3. The van der Waals surface area contributed by atoms with Crippen molar-refractivity contribution in [2.75, 3.05) is 45.8 Å². The van der Waals surface area contributed by atoms with E-state index in [9.17, 15) is 9.59 Å². The van der Waals surface area contributed by atoms with Crippen LogP contribution in [0.4, 0.5) is 4.79 Å². The van der Waals surface area contributed by atoms with E-state index in [0.29, 0.717) is 17.2 Å². The normalized spacial score (nSPS) is 38.5. The van der Waals surface area contributed by atoms with E-state index in [1.807, 2.05) is 0 Å². The average molecular weight is 551 g/mol. The number of nitrogens with zero attached hydrogens (tertiary/aromatic N) is 3. The van der Waals surface area contributed by atoms with Gasteiger partial charge in [0.25, 0.3) is 0 Å². The van der Waals surface area contributed by atoms with Gasteiger partial charge in [-0.2, -0.15) is 0 Å². The van der Waals surface area contributed by atoms with Gasteiger partial charge in [0.05, 0.1) is 0 Å². The number of hydrogen-bond donors (Lipinski definition) is 1. The summed E-state index contributed by atoms with van der Waals surface area (Å²) in [6.07, 6.45) is 18.7. The van der Waals surface area contributed by atoms with Crippen molar-refractivity contribution in [3.05, 3.63) is 11.6 Å². The van der Waals surface area contributed by atoms with Crippen LogP contribution in [0.2, 0.25) is 0 Å². The fourth-order valence-electron chi connectivity index (χ4n) is 10.8. The maximum absolute atomic E-state index is 13.8. The predicted molar refractivity (Wildman–Crippen MR) is 159 cm³/mol. The summed E-state index contributed by atoms with van der Waals surface area (Å²) in [7, 11) is 0. The van der Waals surface area contributed by atoms with Gasteiger partial charge in [0.15, 0.2) is 0 Å². The molecule has 0 radical (unpaired) electrons. The Hall–Kier alpha value is -1.56. The first kappa shape index (κ1) is 27.3. The molecule has 9 aliphatic rings. The highest BCUT2D eigenvalue weighted by molar-refractivity contribution is 5.79. The Morgan fingerprint density at radius 2 is 1.57 bits per heavy atom. The van der Waals surface area contributed by atoms with Crippen molar-refractivity contribution >= 4 is 11.9 Å². The van der Waals surface area contributed by atoms with E-state index in [-0.39, 0.29) is 17.5 Å². The van der Waals surface area contributed by atoms with Gasteiger partial charge < -0.3 is 15.1 Å². The summed E-state index contributed by atoms with van der Waals surface area (Å²) >= 11 is 0. The number of rotatable bonds is 7. The molecule has 0 spiro atoms. The van der Waals surface area contributed by atoms with Gasteiger partial charge >= 0.3 is 6.03 Å². The zero-order valence-corrected chi connectivity index (χ0v) is 25.3. The summed E-state index contributed by atoms with van der Waals surface area (Å²) in [5.41, 5.74) is 2.02. The van der Waals surface area contributed by atoms with Crippen LogP contribution >= 0.6 is 0 Å². The van der Waals surface area contributed by atoms with E-state index in [4.69, 9.17) is 0 Å². The summed E-state index contributed by atoms with van der Waals surface area (Å²) in [6, 6.07) is 0.182. The second-order valence-corrected chi connectivity index (χ2v) is 15.9. The number of piperazine rings is 1. The van der Waals surface area contributed by atoms with Crippen molar-refractivity contribution in [2.24, 2.45) is 40.9 Å². The number of carbonyl (C=O) groups is 2. The van der Waals surface area contributed by atoms with Crippen LogP contribution in [0.1, 0.15) is 97.3 Å². The first-order chi connectivity index (χ1) is 19.3. The molecular weight excluding hydrogens is 496 g/mol. The van der Waals surface area contributed by atoms with Crippen molar-refractivity contribution in [3.63, 3.8) is 0 Å². The highest BCUT2D eigenvalue weighted by Gasteiger charge is 2.53. The zero-order chi connectivity index (χ0) is 27.5. The molecule has 1 saturated heterocycles. The van der Waals surface area contributed by atoms with Crippen molar-refractivity contribution < 1.29 is 9.59 Å². The van der Waals surface area contributed by atoms with Gasteiger partial charge in [0.2, 0.25) is 5.91 Å². The quantitative estimate of drug-likeness (QED) is 0.415. The maximum atomic E-state index is 13.8. The van der Waals surface area contributed by atoms with Crippen LogP contribution in [0, 0.1) is 40.9 Å². The van der Waals surface area contributed by atoms with Crippen LogP contribution in [0.3, 0.4) is 0 Å². The summed E-state index contributed by atoms with van der Waals surface area (Å²) in [5, 5.41) is 3.58. The molecule has 0 aromatic carbocycles. The van der Waals surface area contributed by atoms with E-state index < -0.39 is 0 Å². The molecule has 0 aromatic heterocycles. The molecule has 6 nitrogen and oxygen atoms in total. The van der Waals surface area contributed by atoms with Crippen molar-refractivity contribution in [2.45, 2.75) is 103 Å². The first-order valence-corrected chi connectivity index (χ1v) is 17.1. The molecule has 3 amide bonds. The van der Waals surface area contributed by atoms with E-state index >= 15 is 0 Å². The minimum atomic E-state index is 0.0891. The molecule has 9 rings (SSSR count). The van der Waals surface area contributed by atoms with Crippen molar-refractivity contribution in [1.82, 2.24) is 20.0 Å². The van der Waals surface area contributed by atoms with Crippen molar-refractivity contribution in [3.8, 4) is 0 Å². The predicted octanol–water partition coefficient (Wildman–Crippen LogP) is 5.68. The standard InChI is InChI=1S/C34H54N4O2/c1-33(2)29-9-8-28(30(33)19-29)23-38(31(39)27-6-4-3-5-7-27)15-12-36-10-13-37(14-11-36)32(40)35-34-20-24-16-25(21-34)18-26(17-24)22-34/h8,24-27,29-30H,3-7,9-23H2,1-2H3,(H,35,40). The third-order valence-corrected chi connectivity index (χ3v) is 13.0. The van der Waals surface area contributed by atoms with Crippen LogP contribution in [0.5, 0.6) is 0 Å². The fraction of sp³-hybridized carbons (Fsp3) is 0.882. The summed E-state index contributed by atoms with van der Waals surface area (Å²) in [6.45, 7) is 10.9. The number of urea groups is 1. The lowest BCUT2D eigenvalue weighted by Gasteiger charge is -2.57. The smallest absolute Gasteiger partial charge is 0.317 e. The molecule has 6 saturated carbocycles. The van der Waals surface area contributed by atoms with Gasteiger partial charge in [0, 0.05) is 57.3 Å². The molecule has 2 atom stereocenters. The summed E-state index contributed by atoms with van der Waals surface area (Å²) in [4.78, 5) is 34.0. The number of nitrogens with one attached hydrogen (secondary N) is 1. The molecule has 222 valence electrons. The highest BCUT2D eigenvalue weighted by Crippen LogP contribution is 2.59. The van der Waals surface area contributed by atoms with Crippen LogP contribution in [-0.4, -0.2) is 78.0 Å². The molecule has 1 N–H and O–H groups in total. The van der Waals surface area contributed by atoms with Gasteiger partial charge in [0.1, 0.15) is 0 Å². The lowest BCUT2D eigenvalue weighted by Crippen LogP contribution is -2.63. The van der Waals surface area contributed by atoms with Gasteiger partial charge in [-0.15, -0.1) is 0 Å². The average Bonchev–Trinajstić information content (AvgIpc) is 2.94. The molecule has 1 aliphatic heterocycles. The van der Waals surface area contributed by atoms with E-state index in [1.165, 1.54) is 76.2 Å². The molecule has 6 bridgehead atoms. The SMILES string of the molecule is CC1(C)C2CC=C(CN(CCN3CCN(C(=O)NC45CC6CC(CC(C6)C4)C5)CC3)C(=O)C3CCCCC3)C1C2. The van der Waals surface area contributed by atoms with Gasteiger partial charge in [-0.05, 0) is 99.2 Å². The Morgan fingerprint density at radius 1 is 0.925 bits per heavy atom. The van der Waals surface area contributed by atoms with E-state index in [2.05, 4.69) is 39.9 Å². The summed E-state index contributed by atoms with van der Waals surface area (Å²) in [5.74, 6) is 4.68. The molecule has 7 fully saturated rings. The van der Waals surface area contributed by atoms with E-state index in [1.54, 1.807) is 0 Å². The van der Waals surface area contributed by atoms with Crippen LogP contribution < -0.4 is 5.32 Å². The molecule has 6 heteroatoms. The molecule has 2 unspecified atom stereocenters. The minimum absolute atomic E-state index is 0.0891. The second kappa shape index (κ2) is 10.6. The summed E-state index contributed by atoms with van der Waals surface area (Å²) < 4.78 is 0. The topological polar surface area (TPSA) is 55.9 Å². The molecule has 0 aromatic rings. The lowest BCUT2D eigenvalue weighted by molar-refractivity contribution is -0.136. The van der Waals surface area contributed by atoms with E-state index in [0.717, 1.165) is 82.3 Å². The third kappa shape index (κ3) is 5.13. The van der Waals surface area contributed by atoms with Crippen molar-refractivity contribution in [1.29, 1.82) is 0 Å². The number of fused-ring (bicyclic) bond motifs is 1. The number of hydrogen-bond acceptors (Lipinski definition) is 3. The Labute approximate surface area is 242 Å². The molecular formula is C34H54N4O2. The van der Waals surface area contributed by atoms with Gasteiger partial charge in [-0.3, -0.25) is 9.69 Å². The Bertz CT molecular complexity index is 970. The van der Waals surface area contributed by atoms with Crippen LogP contribution in [-0.2, 0) is 4.79 Å². The third-order valence-electron chi connectivity index (χ3n) is 13.0. The van der Waals surface area contributed by atoms with Crippen LogP contribution in [0.25, 0.3) is 0 Å². The number of carbonyl (C=O) groups excluding carboxylic acids is 2. The zero-order valence-electron chi connectivity index (χ0n) is 25.3. The van der Waals surface area contributed by atoms with Gasteiger partial charge in [-0.1, -0.05) is 44.8 Å². The van der Waals surface area contributed by atoms with Gasteiger partial charge in [-0.25, -0.2) is 4.79 Å². The largest absolute Gasteiger partial charge is 0.337 e. The molecule has 40 heavy (non-hydrogen) atoms. The Kier molecular flexibility index (Phi) is 7.24. The Balaban J connectivity index is 0.929. The lowest BCUT2D eigenvalue weighted by atomic mass is 9.49. The molecule has 8 aliphatic carbocycles. The Morgan fingerprint density at radius 3 is 2.17 bits per heavy atom. The second-order valence-electron chi connectivity index (χ2n) is 15.9. The first-order valence-electron chi connectivity index (χ1n) is 17.1. The highest BCUT2D eigenvalue weighted by atomic mass is 16.2. The fourth-order valence-corrected chi connectivity index (χ4v) is 10.8. The number of allylic oxidation sites excluding steroid dienone is 1. The monoisotopic (exact) mass is 550 g/mol. The van der Waals surface area contributed by atoms with Crippen LogP contribution in [0.15, 0.2) is 11.6 Å².